The van der Waals surface area contributed by atoms with Crippen LogP contribution in [0.1, 0.15) is 43.4 Å². The molecule has 0 amide bonds. The predicted molar refractivity (Wildman–Crippen MR) is 82.7 cm³/mol. The van der Waals surface area contributed by atoms with Crippen molar-refractivity contribution in [1.29, 1.82) is 0 Å². The topological polar surface area (TPSA) is 23.5 Å². The third kappa shape index (κ3) is 4.59. The van der Waals surface area contributed by atoms with Crippen LogP contribution in [0, 0.1) is 5.41 Å². The Balaban J connectivity index is 1.82. The minimum atomic E-state index is 0.167. The molecule has 0 aromatic carbocycles. The molecule has 19 heavy (non-hydrogen) atoms. The van der Waals surface area contributed by atoms with E-state index in [0.29, 0.717) is 6.61 Å². The van der Waals surface area contributed by atoms with Crippen molar-refractivity contribution in [2.45, 2.75) is 44.9 Å². The summed E-state index contributed by atoms with van der Waals surface area (Å²) in [6.45, 7) is 2.51. The molecule has 1 heterocycles. The lowest BCUT2D eigenvalue weighted by molar-refractivity contribution is 0.0691. The van der Waals surface area contributed by atoms with Crippen LogP contribution in [-0.2, 0) is 6.42 Å². The quantitative estimate of drug-likeness (QED) is 0.806. The Morgan fingerprint density at radius 3 is 2.58 bits per heavy atom. The fraction of sp³-hybridized carbons (Fsp3) is 0.750. The molecule has 0 bridgehead atoms. The maximum Gasteiger partial charge on any atom is 0.0499 e. The van der Waals surface area contributed by atoms with E-state index < -0.39 is 0 Å². The summed E-state index contributed by atoms with van der Waals surface area (Å²) in [6, 6.07) is 4.34. The van der Waals surface area contributed by atoms with Crippen LogP contribution in [0.15, 0.2) is 17.5 Å². The van der Waals surface area contributed by atoms with E-state index in [1.54, 1.807) is 0 Å². The van der Waals surface area contributed by atoms with Gasteiger partial charge in [0.2, 0.25) is 0 Å². The Morgan fingerprint density at radius 1 is 1.26 bits per heavy atom. The van der Waals surface area contributed by atoms with Gasteiger partial charge in [0.15, 0.2) is 0 Å². The van der Waals surface area contributed by atoms with E-state index in [2.05, 4.69) is 29.5 Å². The van der Waals surface area contributed by atoms with Gasteiger partial charge >= 0.3 is 0 Å². The molecule has 3 heteroatoms. The minimum absolute atomic E-state index is 0.167. The van der Waals surface area contributed by atoms with Crippen LogP contribution in [0.3, 0.4) is 0 Å². The van der Waals surface area contributed by atoms with Crippen molar-refractivity contribution in [3.05, 3.63) is 22.4 Å². The van der Waals surface area contributed by atoms with E-state index in [0.717, 1.165) is 19.5 Å². The summed E-state index contributed by atoms with van der Waals surface area (Å²) >= 11 is 1.84. The summed E-state index contributed by atoms with van der Waals surface area (Å²) in [4.78, 5) is 3.88. The lowest BCUT2D eigenvalue weighted by atomic mass is 9.80. The normalized spacial score (nSPS) is 19.5. The van der Waals surface area contributed by atoms with Crippen LogP contribution in [0.5, 0.6) is 0 Å². The van der Waals surface area contributed by atoms with Crippen LogP contribution in [0.4, 0.5) is 0 Å². The molecule has 1 saturated carbocycles. The second kappa shape index (κ2) is 7.41. The van der Waals surface area contributed by atoms with Gasteiger partial charge in [-0.15, -0.1) is 11.3 Å². The number of rotatable bonds is 6. The summed E-state index contributed by atoms with van der Waals surface area (Å²) in [5.74, 6) is 0. The van der Waals surface area contributed by atoms with Crippen molar-refractivity contribution in [2.24, 2.45) is 5.41 Å². The van der Waals surface area contributed by atoms with Crippen LogP contribution >= 0.6 is 11.3 Å². The van der Waals surface area contributed by atoms with Crippen molar-refractivity contribution in [1.82, 2.24) is 4.90 Å². The van der Waals surface area contributed by atoms with Gasteiger partial charge in [0, 0.05) is 30.0 Å². The highest BCUT2D eigenvalue weighted by Crippen LogP contribution is 2.35. The zero-order chi connectivity index (χ0) is 13.6. The molecule has 0 unspecified atom stereocenters. The molecular formula is C16H27NOS. The molecule has 2 rings (SSSR count). The molecule has 1 N–H and O–H groups in total. The standard InChI is InChI=1S/C16H27NOS/c1-17(11-8-15-7-6-12-19-15)13-16(14-18)9-4-2-3-5-10-16/h6-7,12,18H,2-5,8-11,13-14H2,1H3. The second-order valence-electron chi connectivity index (χ2n) is 6.14. The first-order valence-electron chi connectivity index (χ1n) is 7.56. The highest BCUT2D eigenvalue weighted by atomic mass is 32.1. The van der Waals surface area contributed by atoms with E-state index >= 15 is 0 Å². The van der Waals surface area contributed by atoms with E-state index in [1.807, 2.05) is 11.3 Å². The SMILES string of the molecule is CN(CCc1cccs1)CC1(CO)CCCCCC1. The highest BCUT2D eigenvalue weighted by Gasteiger charge is 2.31. The Labute approximate surface area is 121 Å². The van der Waals surface area contributed by atoms with E-state index in [9.17, 15) is 5.11 Å². The lowest BCUT2D eigenvalue weighted by Gasteiger charge is -2.35. The second-order valence-corrected chi connectivity index (χ2v) is 7.17. The first kappa shape index (κ1) is 15.0. The van der Waals surface area contributed by atoms with Crippen LogP contribution in [0.2, 0.25) is 0 Å². The van der Waals surface area contributed by atoms with Gasteiger partial charge in [-0.25, -0.2) is 0 Å². The maximum absolute atomic E-state index is 9.84. The minimum Gasteiger partial charge on any atom is -0.396 e. The molecule has 108 valence electrons. The van der Waals surface area contributed by atoms with Crippen LogP contribution < -0.4 is 0 Å². The van der Waals surface area contributed by atoms with Crippen molar-refractivity contribution < 1.29 is 5.11 Å². The third-order valence-electron chi connectivity index (χ3n) is 4.42. The molecule has 1 aromatic heterocycles. The zero-order valence-electron chi connectivity index (χ0n) is 12.1. The van der Waals surface area contributed by atoms with E-state index in [1.165, 1.54) is 43.4 Å². The van der Waals surface area contributed by atoms with E-state index in [4.69, 9.17) is 0 Å². The monoisotopic (exact) mass is 281 g/mol. The number of thiophene rings is 1. The molecule has 0 radical (unpaired) electrons. The highest BCUT2D eigenvalue weighted by molar-refractivity contribution is 7.09. The number of aliphatic hydroxyl groups is 1. The Hall–Kier alpha value is -0.380. The van der Waals surface area contributed by atoms with Gasteiger partial charge in [-0.05, 0) is 37.8 Å². The molecule has 1 aromatic rings. The largest absolute Gasteiger partial charge is 0.396 e. The molecule has 0 aliphatic heterocycles. The first-order chi connectivity index (χ1) is 9.24. The van der Waals surface area contributed by atoms with Gasteiger partial charge in [-0.2, -0.15) is 0 Å². The van der Waals surface area contributed by atoms with Crippen molar-refractivity contribution in [3.8, 4) is 0 Å². The molecule has 1 aliphatic carbocycles. The van der Waals surface area contributed by atoms with Crippen LogP contribution in [0.25, 0.3) is 0 Å². The summed E-state index contributed by atoms with van der Waals surface area (Å²) in [7, 11) is 2.20. The van der Waals surface area contributed by atoms with Crippen molar-refractivity contribution in [2.75, 3.05) is 26.7 Å². The van der Waals surface area contributed by atoms with Gasteiger partial charge in [0.25, 0.3) is 0 Å². The molecule has 1 fully saturated rings. The van der Waals surface area contributed by atoms with Gasteiger partial charge in [0.1, 0.15) is 0 Å². The molecule has 1 aliphatic rings. The maximum atomic E-state index is 9.84. The zero-order valence-corrected chi connectivity index (χ0v) is 12.9. The Morgan fingerprint density at radius 2 is 2.00 bits per heavy atom. The Kier molecular flexibility index (Phi) is 5.86. The first-order valence-corrected chi connectivity index (χ1v) is 8.44. The number of aliphatic hydroxyl groups excluding tert-OH is 1. The fourth-order valence-electron chi connectivity index (χ4n) is 3.25. The molecular weight excluding hydrogens is 254 g/mol. The number of likely N-dealkylation sites (N-methyl/N-ethyl adjacent to an activating group) is 1. The predicted octanol–water partition coefficient (Wildman–Crippen LogP) is 3.56. The summed E-state index contributed by atoms with van der Waals surface area (Å²) in [6.07, 6.45) is 8.81. The smallest absolute Gasteiger partial charge is 0.0499 e. The van der Waals surface area contributed by atoms with Gasteiger partial charge in [-0.1, -0.05) is 31.7 Å². The van der Waals surface area contributed by atoms with Crippen LogP contribution in [-0.4, -0.2) is 36.8 Å². The summed E-state index contributed by atoms with van der Waals surface area (Å²) in [5, 5.41) is 12.0. The third-order valence-corrected chi connectivity index (χ3v) is 5.36. The fourth-order valence-corrected chi connectivity index (χ4v) is 3.95. The summed E-state index contributed by atoms with van der Waals surface area (Å²) in [5.41, 5.74) is 0.167. The van der Waals surface area contributed by atoms with E-state index in [-0.39, 0.29) is 5.41 Å². The summed E-state index contributed by atoms with van der Waals surface area (Å²) < 4.78 is 0. The molecule has 0 spiro atoms. The van der Waals surface area contributed by atoms with Gasteiger partial charge in [0.05, 0.1) is 0 Å². The average molecular weight is 281 g/mol. The molecule has 0 atom stereocenters. The Bertz CT molecular complexity index is 342. The number of nitrogens with zero attached hydrogens (tertiary/aromatic N) is 1. The molecule has 0 saturated heterocycles. The van der Waals surface area contributed by atoms with Gasteiger partial charge < -0.3 is 10.0 Å². The number of hydrogen-bond donors (Lipinski definition) is 1. The van der Waals surface area contributed by atoms with Gasteiger partial charge in [-0.3, -0.25) is 0 Å². The molecule has 2 nitrogen and oxygen atoms in total. The van der Waals surface area contributed by atoms with Crippen molar-refractivity contribution >= 4 is 11.3 Å². The lowest BCUT2D eigenvalue weighted by Crippen LogP contribution is -2.39. The van der Waals surface area contributed by atoms with Crippen molar-refractivity contribution in [3.63, 3.8) is 0 Å². The number of hydrogen-bond acceptors (Lipinski definition) is 3. The average Bonchev–Trinajstić information content (AvgIpc) is 2.83.